The van der Waals surface area contributed by atoms with Gasteiger partial charge in [-0.25, -0.2) is 15.0 Å². The number of hydrogen-bond donors (Lipinski definition) is 0. The average molecular weight is 1250 g/mol. The van der Waals surface area contributed by atoms with Crippen LogP contribution in [-0.2, 0) is 37.9 Å². The average Bonchev–Trinajstić information content (AvgIpc) is 1.02. The molecule has 0 spiro atoms. The molecule has 1 aliphatic rings. The molecule has 1 aliphatic heterocycles. The SMILES string of the molecule is CCCCOc1ccc(C#Cc2cc(CN3CCN(Cc4cc(C#Cc5ccc(C)cc5)cc(P(C)(=O)c5ccccc5)n4)CCN(Cc4cc(C#Cc5ccc(C)cc5)cc(P(=O)(OCC)c5ccccc5)n4)CC3)nc(P(C)(=O)c3ccccc3)c2)cc1. The van der Waals surface area contributed by atoms with Gasteiger partial charge in [0, 0.05) is 108 Å². The quantitative estimate of drug-likeness (QED) is 0.0464. The minimum absolute atomic E-state index is 0.220. The van der Waals surface area contributed by atoms with Crippen LogP contribution in [0, 0.1) is 49.4 Å². The molecule has 0 saturated carbocycles. The highest BCUT2D eigenvalue weighted by molar-refractivity contribution is 7.78. The van der Waals surface area contributed by atoms with Gasteiger partial charge in [-0.1, -0.05) is 163 Å². The van der Waals surface area contributed by atoms with Crippen LogP contribution in [0.4, 0.5) is 0 Å². The van der Waals surface area contributed by atoms with Crippen molar-refractivity contribution in [3.05, 3.63) is 262 Å². The van der Waals surface area contributed by atoms with Gasteiger partial charge in [-0.05, 0) is 138 Å². The van der Waals surface area contributed by atoms with Crippen molar-refractivity contribution in [2.75, 3.05) is 65.8 Å². The summed E-state index contributed by atoms with van der Waals surface area (Å²) in [6.07, 6.45) is 2.04. The van der Waals surface area contributed by atoms with Crippen LogP contribution < -0.4 is 37.0 Å². The number of hydrogen-bond acceptors (Lipinski definition) is 11. The number of benzene rings is 6. The van der Waals surface area contributed by atoms with Gasteiger partial charge < -0.3 is 18.4 Å². The van der Waals surface area contributed by atoms with E-state index in [1.807, 2.05) is 195 Å². The minimum Gasteiger partial charge on any atom is -0.494 e. The lowest BCUT2D eigenvalue weighted by Gasteiger charge is -2.26. The molecule has 3 aromatic heterocycles. The lowest BCUT2D eigenvalue weighted by Crippen LogP contribution is -2.36. The van der Waals surface area contributed by atoms with Crippen LogP contribution >= 0.6 is 21.7 Å². The number of aromatic nitrogens is 3. The normalized spacial score (nSPS) is 15.1. The third kappa shape index (κ3) is 17.4. The summed E-state index contributed by atoms with van der Waals surface area (Å²) in [6, 6.07) is 64.1. The predicted octanol–water partition coefficient (Wildman–Crippen LogP) is 11.8. The lowest BCUT2D eigenvalue weighted by molar-refractivity contribution is 0.207. The standard InChI is InChI=1S/C76H77N6O5P3/c1-7-9-49-86-70-41-39-63(40-42-70)35-37-65-51-68(78-75(54-65)89(6,84)72-21-15-11-16-22-72)57-81-44-43-80(56-67-50-64(36-33-61-29-25-59(3)26-30-61)53-74(77-67)88(5,83)71-19-13-10-14-20-71)45-47-82(48-46-81)58-69-52-66(38-34-62-31-27-60(4)28-32-62)55-76(79-69)90(85,87-8-2)73-23-17-12-18-24-73/h10-32,39-42,50-55H,7-9,43-49,56-58H2,1-6H3. The summed E-state index contributed by atoms with van der Waals surface area (Å²) in [5.74, 6) is 21.1. The molecule has 10 rings (SSSR count). The van der Waals surface area contributed by atoms with E-state index in [4.69, 9.17) is 24.2 Å². The second kappa shape index (κ2) is 30.5. The highest BCUT2D eigenvalue weighted by Crippen LogP contribution is 2.44. The maximum absolute atomic E-state index is 15.3. The van der Waals surface area contributed by atoms with Crippen LogP contribution in [0.3, 0.4) is 0 Å². The fraction of sp³-hybridized carbons (Fsp3) is 0.250. The van der Waals surface area contributed by atoms with Gasteiger partial charge in [0.1, 0.15) is 22.1 Å². The van der Waals surface area contributed by atoms with Crippen LogP contribution in [0.1, 0.15) is 88.3 Å². The van der Waals surface area contributed by atoms with Gasteiger partial charge in [0.15, 0.2) is 14.3 Å². The largest absolute Gasteiger partial charge is 0.494 e. The van der Waals surface area contributed by atoms with Gasteiger partial charge in [0.2, 0.25) is 0 Å². The summed E-state index contributed by atoms with van der Waals surface area (Å²) in [5.41, 5.74) is 10.5. The molecule has 90 heavy (non-hydrogen) atoms. The zero-order valence-corrected chi connectivity index (χ0v) is 55.0. The number of ether oxygens (including phenoxy) is 1. The molecule has 0 amide bonds. The highest BCUT2D eigenvalue weighted by Gasteiger charge is 2.32. The zero-order valence-electron chi connectivity index (χ0n) is 52.3. The number of rotatable bonds is 18. The van der Waals surface area contributed by atoms with Crippen molar-refractivity contribution in [2.24, 2.45) is 0 Å². The summed E-state index contributed by atoms with van der Waals surface area (Å²) in [7, 11) is -10.0. The van der Waals surface area contributed by atoms with Gasteiger partial charge in [-0.3, -0.25) is 19.3 Å². The first-order valence-corrected chi connectivity index (χ1v) is 36.8. The van der Waals surface area contributed by atoms with E-state index in [2.05, 4.69) is 83.1 Å². The van der Waals surface area contributed by atoms with Crippen molar-refractivity contribution in [2.45, 2.75) is 60.2 Å². The maximum Gasteiger partial charge on any atom is 0.279 e. The minimum atomic E-state index is -3.68. The molecule has 0 aliphatic carbocycles. The third-order valence-electron chi connectivity index (χ3n) is 15.8. The van der Waals surface area contributed by atoms with Gasteiger partial charge in [0.05, 0.1) is 30.3 Å². The Morgan fingerprint density at radius 2 is 0.744 bits per heavy atom. The van der Waals surface area contributed by atoms with Crippen molar-refractivity contribution >= 4 is 53.9 Å². The first kappa shape index (κ1) is 64.8. The van der Waals surface area contributed by atoms with E-state index in [0.717, 1.165) is 74.0 Å². The molecule has 3 atom stereocenters. The molecule has 9 aromatic rings. The van der Waals surface area contributed by atoms with E-state index in [-0.39, 0.29) is 6.61 Å². The van der Waals surface area contributed by atoms with Gasteiger partial charge in [-0.15, -0.1) is 0 Å². The molecular weight excluding hydrogens is 1170 g/mol. The molecule has 14 heteroatoms. The fourth-order valence-corrected chi connectivity index (χ4v) is 16.0. The second-order valence-electron chi connectivity index (χ2n) is 23.0. The molecule has 0 N–H and O–H groups in total. The summed E-state index contributed by atoms with van der Waals surface area (Å²) in [4.78, 5) is 22.9. The van der Waals surface area contributed by atoms with Crippen LogP contribution in [0.25, 0.3) is 0 Å². The molecule has 1 saturated heterocycles. The first-order chi connectivity index (χ1) is 43.6. The van der Waals surface area contributed by atoms with Crippen molar-refractivity contribution in [3.63, 3.8) is 0 Å². The van der Waals surface area contributed by atoms with Crippen molar-refractivity contribution in [1.82, 2.24) is 29.7 Å². The smallest absolute Gasteiger partial charge is 0.279 e. The Morgan fingerprint density at radius 1 is 0.411 bits per heavy atom. The molecule has 1 fully saturated rings. The molecule has 0 bridgehead atoms. The number of aryl methyl sites for hydroxylation is 2. The van der Waals surface area contributed by atoms with Gasteiger partial charge in [0.25, 0.3) is 7.37 Å². The molecule has 4 heterocycles. The van der Waals surface area contributed by atoms with Crippen LogP contribution in [0.15, 0.2) is 200 Å². The van der Waals surface area contributed by atoms with Gasteiger partial charge in [-0.2, -0.15) is 0 Å². The Balaban J connectivity index is 1.03. The first-order valence-electron chi connectivity index (χ1n) is 30.8. The van der Waals surface area contributed by atoms with E-state index >= 15 is 9.13 Å². The molecular formula is C76H77N6O5P3. The van der Waals surface area contributed by atoms with E-state index in [1.165, 1.54) is 0 Å². The summed E-state index contributed by atoms with van der Waals surface area (Å²) < 4.78 is 57.6. The summed E-state index contributed by atoms with van der Waals surface area (Å²) in [5, 5.41) is 2.00. The number of unbranched alkanes of at least 4 members (excludes halogenated alkanes) is 1. The van der Waals surface area contributed by atoms with Crippen LogP contribution in [0.2, 0.25) is 0 Å². The van der Waals surface area contributed by atoms with Crippen molar-refractivity contribution in [1.29, 1.82) is 0 Å². The topological polar surface area (TPSA) is 118 Å². The summed E-state index contributed by atoms with van der Waals surface area (Å²) in [6.45, 7) is 17.7. The molecule has 0 radical (unpaired) electrons. The Morgan fingerprint density at radius 3 is 1.11 bits per heavy atom. The monoisotopic (exact) mass is 1250 g/mol. The maximum atomic E-state index is 15.3. The van der Waals surface area contributed by atoms with E-state index in [0.29, 0.717) is 104 Å². The number of nitrogens with zero attached hydrogens (tertiary/aromatic N) is 6. The Labute approximate surface area is 532 Å². The summed E-state index contributed by atoms with van der Waals surface area (Å²) >= 11 is 0. The van der Waals surface area contributed by atoms with Crippen LogP contribution in [0.5, 0.6) is 5.75 Å². The molecule has 11 nitrogen and oxygen atoms in total. The number of pyridine rings is 3. The predicted molar refractivity (Wildman–Crippen MR) is 369 cm³/mol. The highest BCUT2D eigenvalue weighted by atomic mass is 31.2. The molecule has 6 aromatic carbocycles. The molecule has 3 unspecified atom stereocenters. The zero-order chi connectivity index (χ0) is 62.9. The third-order valence-corrected chi connectivity index (χ3v) is 23.0. The van der Waals surface area contributed by atoms with E-state index in [1.54, 1.807) is 13.3 Å². The van der Waals surface area contributed by atoms with E-state index in [9.17, 15) is 4.57 Å². The Kier molecular flexibility index (Phi) is 22.0. The Bertz CT molecular complexity index is 4270. The lowest BCUT2D eigenvalue weighted by atomic mass is 10.1. The van der Waals surface area contributed by atoms with E-state index < -0.39 is 21.7 Å². The van der Waals surface area contributed by atoms with Crippen LogP contribution in [-0.4, -0.2) is 95.5 Å². The van der Waals surface area contributed by atoms with Gasteiger partial charge >= 0.3 is 0 Å². The molecule has 456 valence electrons. The Hall–Kier alpha value is -8.22. The van der Waals surface area contributed by atoms with Crippen molar-refractivity contribution < 1.29 is 23.0 Å². The second-order valence-corrected chi connectivity index (χ2v) is 31.0. The van der Waals surface area contributed by atoms with Crippen molar-refractivity contribution in [3.8, 4) is 41.3 Å². The fourth-order valence-electron chi connectivity index (χ4n) is 10.6.